The lowest BCUT2D eigenvalue weighted by molar-refractivity contribution is -0.798. The van der Waals surface area contributed by atoms with Gasteiger partial charge >= 0.3 is 0 Å². The Kier molecular flexibility index (Phi) is 4.38. The van der Waals surface area contributed by atoms with Crippen LogP contribution in [0.25, 0.3) is 16.5 Å². The molecule has 5 rings (SSSR count). The normalized spacial score (nSPS) is 29.1. The van der Waals surface area contributed by atoms with E-state index in [0.29, 0.717) is 10.5 Å². The summed E-state index contributed by atoms with van der Waals surface area (Å²) in [6.45, 7) is 0. The summed E-state index contributed by atoms with van der Waals surface area (Å²) in [5, 5.41) is 3.54. The quantitative estimate of drug-likeness (QED) is 0.778. The van der Waals surface area contributed by atoms with Crippen molar-refractivity contribution >= 4 is 34.6 Å². The van der Waals surface area contributed by atoms with Crippen molar-refractivity contribution in [1.29, 1.82) is 0 Å². The Hall–Kier alpha value is -2.02. The number of benzene rings is 1. The minimum Gasteiger partial charge on any atom is -0.474 e. The van der Waals surface area contributed by atoms with Crippen molar-refractivity contribution < 1.29 is 13.6 Å². The van der Waals surface area contributed by atoms with Crippen molar-refractivity contribution in [1.82, 2.24) is 0 Å². The van der Waals surface area contributed by atoms with Crippen molar-refractivity contribution in [2.24, 2.45) is 10.7 Å². The maximum atomic E-state index is 6.43. The molecule has 5 nitrogen and oxygen atoms in total. The second-order valence-electron chi connectivity index (χ2n) is 8.42. The van der Waals surface area contributed by atoms with E-state index in [0.717, 1.165) is 59.4 Å². The zero-order valence-corrected chi connectivity index (χ0v) is 17.1. The Balaban J connectivity index is 1.52. The van der Waals surface area contributed by atoms with Crippen LogP contribution in [-0.2, 0) is 4.74 Å². The van der Waals surface area contributed by atoms with Crippen LogP contribution in [0.3, 0.4) is 0 Å². The molecule has 1 unspecified atom stereocenters. The highest BCUT2D eigenvalue weighted by Gasteiger charge is 2.44. The molecule has 0 bridgehead atoms. The Bertz CT molecular complexity index is 963. The summed E-state index contributed by atoms with van der Waals surface area (Å²) in [5.74, 6) is 1.63. The minimum absolute atomic E-state index is 0.191. The monoisotopic (exact) mass is 396 g/mol. The lowest BCUT2D eigenvalue weighted by Gasteiger charge is -2.35. The predicted molar refractivity (Wildman–Crippen MR) is 115 cm³/mol. The van der Waals surface area contributed by atoms with Crippen molar-refractivity contribution in [3.63, 3.8) is 0 Å². The number of hydrogen-bond acceptors (Lipinski definition) is 5. The Morgan fingerprint density at radius 2 is 1.96 bits per heavy atom. The first-order valence-electron chi connectivity index (χ1n) is 9.91. The number of rotatable bonds is 3. The number of fused-ring (bicyclic) bond motifs is 2. The minimum atomic E-state index is 0.191. The van der Waals surface area contributed by atoms with E-state index in [-0.39, 0.29) is 11.5 Å². The van der Waals surface area contributed by atoms with Gasteiger partial charge in [-0.15, -0.1) is 0 Å². The molecular weight excluding hydrogens is 370 g/mol. The molecule has 0 radical (unpaired) electrons. The molecule has 1 aliphatic carbocycles. The summed E-state index contributed by atoms with van der Waals surface area (Å²) in [6.07, 6.45) is 6.20. The zero-order valence-electron chi connectivity index (χ0n) is 16.3. The summed E-state index contributed by atoms with van der Waals surface area (Å²) in [6, 6.07) is 10.6. The molecule has 0 amide bonds. The van der Waals surface area contributed by atoms with Crippen LogP contribution < -0.4 is 5.73 Å². The first-order chi connectivity index (χ1) is 13.5. The van der Waals surface area contributed by atoms with E-state index in [4.69, 9.17) is 19.9 Å². The smallest absolute Gasteiger partial charge is 0.229 e. The summed E-state index contributed by atoms with van der Waals surface area (Å²) >= 11 is 1.81. The topological polar surface area (TPSA) is 60.8 Å². The van der Waals surface area contributed by atoms with Crippen molar-refractivity contribution in [3.8, 4) is 0 Å². The number of nitrogens with two attached hydrogens (primary N) is 1. The van der Waals surface area contributed by atoms with Gasteiger partial charge in [0, 0.05) is 17.0 Å². The Labute approximate surface area is 169 Å². The number of likely N-dealkylation sites (N-methyl/N-ethyl adjacent to an activating group) is 1. The number of hydrogen-bond donors (Lipinski definition) is 1. The number of para-hydroxylation sites is 1. The van der Waals surface area contributed by atoms with E-state index >= 15 is 0 Å². The van der Waals surface area contributed by atoms with Crippen LogP contribution in [0.5, 0.6) is 0 Å². The van der Waals surface area contributed by atoms with Crippen LogP contribution in [0.15, 0.2) is 56.6 Å². The van der Waals surface area contributed by atoms with Gasteiger partial charge in [0.25, 0.3) is 0 Å². The molecule has 3 heterocycles. The molecule has 146 valence electrons. The summed E-state index contributed by atoms with van der Waals surface area (Å²) in [7, 11) is 4.35. The standard InChI is InChI=1S/C22H26N3O2S/c1-25(2)13-24-21(26-16-9-7-15(23)8-10-16)20-17(12-28-22(20)25)19-11-14-5-3-4-6-18(14)27-19/h3-6,11-13,15-16,22H,7-10,23H2,1-2H3/q+1. The molecule has 3 aliphatic rings. The van der Waals surface area contributed by atoms with E-state index in [1.807, 2.05) is 36.3 Å². The SMILES string of the molecule is C[N+]1(C)C=NC(OC2CCC(N)CC2)=C2C(c3cc4ccccc4o3)=CSC21. The van der Waals surface area contributed by atoms with Gasteiger partial charge in [0.1, 0.15) is 17.4 Å². The van der Waals surface area contributed by atoms with Crippen molar-refractivity contribution in [3.05, 3.63) is 53.0 Å². The lowest BCUT2D eigenvalue weighted by atomic mass is 9.93. The summed E-state index contributed by atoms with van der Waals surface area (Å²) in [5.41, 5.74) is 9.21. The van der Waals surface area contributed by atoms with Gasteiger partial charge in [0.15, 0.2) is 11.7 Å². The molecule has 2 N–H and O–H groups in total. The fourth-order valence-electron chi connectivity index (χ4n) is 4.20. The molecule has 2 aliphatic heterocycles. The molecule has 1 saturated carbocycles. The van der Waals surface area contributed by atoms with Gasteiger partial charge in [-0.3, -0.25) is 4.48 Å². The van der Waals surface area contributed by atoms with Crippen LogP contribution in [0.2, 0.25) is 0 Å². The highest BCUT2D eigenvalue weighted by Crippen LogP contribution is 2.48. The molecule has 1 fully saturated rings. The largest absolute Gasteiger partial charge is 0.474 e. The molecule has 28 heavy (non-hydrogen) atoms. The maximum Gasteiger partial charge on any atom is 0.229 e. The molecule has 1 atom stereocenters. The van der Waals surface area contributed by atoms with E-state index < -0.39 is 0 Å². The van der Waals surface area contributed by atoms with Gasteiger partial charge in [-0.2, -0.15) is 4.99 Å². The first kappa shape index (κ1) is 18.0. The van der Waals surface area contributed by atoms with Gasteiger partial charge in [0.05, 0.1) is 19.7 Å². The highest BCUT2D eigenvalue weighted by molar-refractivity contribution is 8.03. The molecule has 0 spiro atoms. The van der Waals surface area contributed by atoms with Gasteiger partial charge in [0.2, 0.25) is 5.88 Å². The van der Waals surface area contributed by atoms with Crippen molar-refractivity contribution in [2.75, 3.05) is 14.1 Å². The van der Waals surface area contributed by atoms with Crippen LogP contribution in [0, 0.1) is 0 Å². The van der Waals surface area contributed by atoms with Crippen LogP contribution in [0.4, 0.5) is 0 Å². The van der Waals surface area contributed by atoms with Crippen LogP contribution in [-0.4, -0.2) is 42.4 Å². The Morgan fingerprint density at radius 1 is 1.18 bits per heavy atom. The lowest BCUT2D eigenvalue weighted by Crippen LogP contribution is -2.48. The number of quaternary nitrogens is 1. The molecular formula is C22H26N3O2S+. The summed E-state index contributed by atoms with van der Waals surface area (Å²) < 4.78 is 13.3. The predicted octanol–water partition coefficient (Wildman–Crippen LogP) is 4.46. The van der Waals surface area contributed by atoms with Crippen molar-refractivity contribution in [2.45, 2.75) is 43.2 Å². The zero-order chi connectivity index (χ0) is 19.3. The highest BCUT2D eigenvalue weighted by atomic mass is 32.2. The number of ether oxygens (including phenoxy) is 1. The van der Waals surface area contributed by atoms with E-state index in [1.165, 1.54) is 0 Å². The average Bonchev–Trinajstić information content (AvgIpc) is 3.30. The van der Waals surface area contributed by atoms with E-state index in [1.54, 1.807) is 0 Å². The fraction of sp³-hybridized carbons (Fsp3) is 0.409. The first-order valence-corrected chi connectivity index (χ1v) is 10.9. The van der Waals surface area contributed by atoms with Gasteiger partial charge in [-0.05, 0) is 43.2 Å². The number of furan rings is 1. The molecule has 6 heteroatoms. The Morgan fingerprint density at radius 3 is 2.75 bits per heavy atom. The number of thioether (sulfide) groups is 1. The van der Waals surface area contributed by atoms with E-state index in [9.17, 15) is 0 Å². The molecule has 0 saturated heterocycles. The maximum absolute atomic E-state index is 6.43. The van der Waals surface area contributed by atoms with Gasteiger partial charge in [-0.25, -0.2) is 0 Å². The third kappa shape index (κ3) is 3.09. The van der Waals surface area contributed by atoms with E-state index in [2.05, 4.69) is 31.6 Å². The third-order valence-corrected chi connectivity index (χ3v) is 7.26. The second kappa shape index (κ2) is 6.79. The fourth-order valence-corrected chi connectivity index (χ4v) is 5.44. The average molecular weight is 397 g/mol. The molecule has 1 aromatic carbocycles. The number of aliphatic imine (C=N–C) groups is 1. The second-order valence-corrected chi connectivity index (χ2v) is 9.37. The van der Waals surface area contributed by atoms with Gasteiger partial charge < -0.3 is 14.9 Å². The van der Waals surface area contributed by atoms with Gasteiger partial charge in [-0.1, -0.05) is 30.0 Å². The van der Waals surface area contributed by atoms with Crippen LogP contribution >= 0.6 is 11.8 Å². The summed E-state index contributed by atoms with van der Waals surface area (Å²) in [4.78, 5) is 4.75. The molecule has 1 aromatic heterocycles. The number of nitrogens with zero attached hydrogens (tertiary/aromatic N) is 2. The van der Waals surface area contributed by atoms with Crippen LogP contribution in [0.1, 0.15) is 31.4 Å². The third-order valence-electron chi connectivity index (χ3n) is 5.85. The molecule has 2 aromatic rings.